The Morgan fingerprint density at radius 1 is 0.773 bits per heavy atom. The standard InChI is InChI=1S/C19H19F3/c1-12-2-4-13(5-3-12)14-6-8-15(9-7-14)16-10-17(20)19(22)18(21)11-16/h6-13H,2-5H2,1H3. The van der Waals surface area contributed by atoms with Crippen molar-refractivity contribution in [3.05, 3.63) is 59.4 Å². The van der Waals surface area contributed by atoms with Crippen LogP contribution in [0.25, 0.3) is 11.1 Å². The molecule has 0 amide bonds. The molecule has 0 spiro atoms. The predicted octanol–water partition coefficient (Wildman–Crippen LogP) is 6.06. The highest BCUT2D eigenvalue weighted by molar-refractivity contribution is 5.64. The van der Waals surface area contributed by atoms with Crippen LogP contribution in [-0.2, 0) is 0 Å². The Kier molecular flexibility index (Phi) is 4.23. The summed E-state index contributed by atoms with van der Waals surface area (Å²) in [5.41, 5.74) is 2.34. The van der Waals surface area contributed by atoms with E-state index in [9.17, 15) is 13.2 Å². The summed E-state index contributed by atoms with van der Waals surface area (Å²) in [5, 5.41) is 0. The lowest BCUT2D eigenvalue weighted by Crippen LogP contribution is -2.10. The van der Waals surface area contributed by atoms with Gasteiger partial charge in [0.1, 0.15) is 0 Å². The summed E-state index contributed by atoms with van der Waals surface area (Å²) >= 11 is 0. The molecule has 0 bridgehead atoms. The van der Waals surface area contributed by atoms with Crippen molar-refractivity contribution in [2.24, 2.45) is 5.92 Å². The molecule has 116 valence electrons. The first-order valence-corrected chi connectivity index (χ1v) is 7.79. The molecule has 0 heterocycles. The minimum atomic E-state index is -1.42. The van der Waals surface area contributed by atoms with Gasteiger partial charge in [0, 0.05) is 0 Å². The van der Waals surface area contributed by atoms with Crippen LogP contribution in [0.5, 0.6) is 0 Å². The van der Waals surface area contributed by atoms with Crippen molar-refractivity contribution < 1.29 is 13.2 Å². The maximum absolute atomic E-state index is 13.3. The van der Waals surface area contributed by atoms with Gasteiger partial charge < -0.3 is 0 Å². The van der Waals surface area contributed by atoms with Crippen LogP contribution < -0.4 is 0 Å². The molecule has 2 aromatic rings. The van der Waals surface area contributed by atoms with Crippen molar-refractivity contribution in [2.45, 2.75) is 38.5 Å². The Morgan fingerprint density at radius 2 is 1.32 bits per heavy atom. The minimum Gasteiger partial charge on any atom is -0.204 e. The van der Waals surface area contributed by atoms with Crippen LogP contribution in [0.1, 0.15) is 44.1 Å². The third-order valence-corrected chi connectivity index (χ3v) is 4.72. The fraction of sp³-hybridized carbons (Fsp3) is 0.368. The average molecular weight is 304 g/mol. The van der Waals surface area contributed by atoms with Crippen molar-refractivity contribution in [1.29, 1.82) is 0 Å². The van der Waals surface area contributed by atoms with Gasteiger partial charge in [0.15, 0.2) is 17.5 Å². The molecule has 1 fully saturated rings. The highest BCUT2D eigenvalue weighted by Gasteiger charge is 2.19. The predicted molar refractivity (Wildman–Crippen MR) is 82.1 cm³/mol. The second-order valence-corrected chi connectivity index (χ2v) is 6.33. The lowest BCUT2D eigenvalue weighted by Gasteiger charge is -2.26. The van der Waals surface area contributed by atoms with E-state index >= 15 is 0 Å². The Hall–Kier alpha value is -1.77. The molecule has 0 unspecified atom stereocenters. The lowest BCUT2D eigenvalue weighted by atomic mass is 9.79. The molecule has 0 saturated heterocycles. The second-order valence-electron chi connectivity index (χ2n) is 6.33. The summed E-state index contributed by atoms with van der Waals surface area (Å²) in [7, 11) is 0. The van der Waals surface area contributed by atoms with Crippen molar-refractivity contribution in [1.82, 2.24) is 0 Å². The Morgan fingerprint density at radius 3 is 1.86 bits per heavy atom. The maximum atomic E-state index is 13.3. The Labute approximate surface area is 129 Å². The zero-order valence-electron chi connectivity index (χ0n) is 12.6. The van der Waals surface area contributed by atoms with E-state index in [4.69, 9.17) is 0 Å². The molecule has 3 heteroatoms. The van der Waals surface area contributed by atoms with E-state index in [1.807, 2.05) is 24.3 Å². The molecule has 0 aromatic heterocycles. The van der Waals surface area contributed by atoms with E-state index in [2.05, 4.69) is 6.92 Å². The fourth-order valence-electron chi connectivity index (χ4n) is 3.26. The molecular weight excluding hydrogens is 285 g/mol. The van der Waals surface area contributed by atoms with Crippen LogP contribution >= 0.6 is 0 Å². The molecule has 0 N–H and O–H groups in total. The number of hydrogen-bond donors (Lipinski definition) is 0. The van der Waals surface area contributed by atoms with Crippen LogP contribution in [0, 0.1) is 23.4 Å². The zero-order valence-corrected chi connectivity index (χ0v) is 12.6. The van der Waals surface area contributed by atoms with Gasteiger partial charge in [-0.15, -0.1) is 0 Å². The molecule has 1 saturated carbocycles. The fourth-order valence-corrected chi connectivity index (χ4v) is 3.26. The number of benzene rings is 2. The minimum absolute atomic E-state index is 0.361. The maximum Gasteiger partial charge on any atom is 0.194 e. The highest BCUT2D eigenvalue weighted by atomic mass is 19.2. The Balaban J connectivity index is 1.82. The summed E-state index contributed by atoms with van der Waals surface area (Å²) in [6.45, 7) is 2.29. The normalized spacial score (nSPS) is 21.8. The Bertz CT molecular complexity index is 630. The van der Waals surface area contributed by atoms with E-state index in [-0.39, 0.29) is 0 Å². The first-order valence-electron chi connectivity index (χ1n) is 7.79. The third-order valence-electron chi connectivity index (χ3n) is 4.72. The summed E-state index contributed by atoms with van der Waals surface area (Å²) in [5.74, 6) is -2.34. The largest absolute Gasteiger partial charge is 0.204 e. The quantitative estimate of drug-likeness (QED) is 0.591. The SMILES string of the molecule is CC1CCC(c2ccc(-c3cc(F)c(F)c(F)c3)cc2)CC1. The van der Waals surface area contributed by atoms with E-state index in [0.717, 1.165) is 18.1 Å². The molecule has 2 aromatic carbocycles. The van der Waals surface area contributed by atoms with Crippen molar-refractivity contribution >= 4 is 0 Å². The summed E-state index contributed by atoms with van der Waals surface area (Å²) in [4.78, 5) is 0. The van der Waals surface area contributed by atoms with E-state index in [1.54, 1.807) is 0 Å². The molecule has 22 heavy (non-hydrogen) atoms. The average Bonchev–Trinajstić information content (AvgIpc) is 2.53. The van der Waals surface area contributed by atoms with E-state index < -0.39 is 17.5 Å². The van der Waals surface area contributed by atoms with E-state index in [0.29, 0.717) is 17.0 Å². The topological polar surface area (TPSA) is 0 Å². The highest BCUT2D eigenvalue weighted by Crippen LogP contribution is 2.36. The molecule has 0 aliphatic heterocycles. The van der Waals surface area contributed by atoms with E-state index in [1.165, 1.54) is 31.2 Å². The van der Waals surface area contributed by atoms with Crippen molar-refractivity contribution in [3.63, 3.8) is 0 Å². The first-order chi connectivity index (χ1) is 10.5. The zero-order chi connectivity index (χ0) is 15.7. The smallest absolute Gasteiger partial charge is 0.194 e. The summed E-state index contributed by atoms with van der Waals surface area (Å²) in [6, 6.07) is 9.84. The first kappa shape index (κ1) is 15.1. The number of hydrogen-bond acceptors (Lipinski definition) is 0. The van der Waals surface area contributed by atoms with Crippen LogP contribution in [0.3, 0.4) is 0 Å². The number of halogens is 3. The van der Waals surface area contributed by atoms with Gasteiger partial charge >= 0.3 is 0 Å². The molecular formula is C19H19F3. The van der Waals surface area contributed by atoms with Gasteiger partial charge in [-0.25, -0.2) is 13.2 Å². The van der Waals surface area contributed by atoms with Gasteiger partial charge in [-0.3, -0.25) is 0 Å². The molecule has 1 aliphatic rings. The van der Waals surface area contributed by atoms with Gasteiger partial charge in [-0.1, -0.05) is 44.0 Å². The molecule has 0 nitrogen and oxygen atoms in total. The third kappa shape index (κ3) is 3.03. The summed E-state index contributed by atoms with van der Waals surface area (Å²) < 4.78 is 39.6. The molecule has 0 radical (unpaired) electrons. The van der Waals surface area contributed by atoms with Crippen LogP contribution in [-0.4, -0.2) is 0 Å². The molecule has 3 rings (SSSR count). The second kappa shape index (κ2) is 6.15. The lowest BCUT2D eigenvalue weighted by molar-refractivity contribution is 0.348. The van der Waals surface area contributed by atoms with Gasteiger partial charge in [-0.05, 0) is 53.5 Å². The van der Waals surface area contributed by atoms with Gasteiger partial charge in [0.05, 0.1) is 0 Å². The number of rotatable bonds is 2. The van der Waals surface area contributed by atoms with Crippen molar-refractivity contribution in [2.75, 3.05) is 0 Å². The van der Waals surface area contributed by atoms with Gasteiger partial charge in [-0.2, -0.15) is 0 Å². The van der Waals surface area contributed by atoms with Crippen LogP contribution in [0.4, 0.5) is 13.2 Å². The molecule has 0 atom stereocenters. The monoisotopic (exact) mass is 304 g/mol. The van der Waals surface area contributed by atoms with Crippen molar-refractivity contribution in [3.8, 4) is 11.1 Å². The molecule has 1 aliphatic carbocycles. The summed E-state index contributed by atoms with van der Waals surface area (Å²) in [6.07, 6.45) is 4.89. The van der Waals surface area contributed by atoms with Crippen LogP contribution in [0.2, 0.25) is 0 Å². The van der Waals surface area contributed by atoms with Gasteiger partial charge in [0.25, 0.3) is 0 Å². The van der Waals surface area contributed by atoms with Crippen LogP contribution in [0.15, 0.2) is 36.4 Å². The van der Waals surface area contributed by atoms with Gasteiger partial charge in [0.2, 0.25) is 0 Å².